The first-order chi connectivity index (χ1) is 12.1. The number of hydrogen-bond acceptors (Lipinski definition) is 3. The Labute approximate surface area is 147 Å². The maximum absolute atomic E-state index is 12.3. The largest absolute Gasteiger partial charge is 0.326 e. The summed E-state index contributed by atoms with van der Waals surface area (Å²) in [4.78, 5) is 35.2. The van der Waals surface area contributed by atoms with E-state index >= 15 is 0 Å². The Balaban J connectivity index is 1.29. The molecule has 1 heterocycles. The SMILES string of the molecule is O=C1C[C@H](Cc2ccc(NC(=O)C[C@H]3C[C@H]4CC[C@H]3C4)cc2)C(=O)N1. The van der Waals surface area contributed by atoms with Crippen LogP contribution in [0.4, 0.5) is 5.69 Å². The average molecular weight is 340 g/mol. The number of rotatable bonds is 5. The maximum Gasteiger partial charge on any atom is 0.230 e. The highest BCUT2D eigenvalue weighted by atomic mass is 16.2. The van der Waals surface area contributed by atoms with Crippen LogP contribution in [0.1, 0.15) is 44.1 Å². The lowest BCUT2D eigenvalue weighted by Crippen LogP contribution is -2.22. The van der Waals surface area contributed by atoms with Crippen molar-refractivity contribution in [3.05, 3.63) is 29.8 Å². The summed E-state index contributed by atoms with van der Waals surface area (Å²) >= 11 is 0. The monoisotopic (exact) mass is 340 g/mol. The number of nitrogens with one attached hydrogen (secondary N) is 2. The minimum atomic E-state index is -0.272. The van der Waals surface area contributed by atoms with Crippen LogP contribution >= 0.6 is 0 Å². The van der Waals surface area contributed by atoms with Crippen molar-refractivity contribution in [3.63, 3.8) is 0 Å². The van der Waals surface area contributed by atoms with E-state index < -0.39 is 0 Å². The van der Waals surface area contributed by atoms with Gasteiger partial charge in [0.2, 0.25) is 17.7 Å². The van der Waals surface area contributed by atoms with E-state index in [4.69, 9.17) is 0 Å². The molecule has 25 heavy (non-hydrogen) atoms. The molecule has 0 spiro atoms. The quantitative estimate of drug-likeness (QED) is 0.809. The second-order valence-electron chi connectivity index (χ2n) is 7.90. The number of benzene rings is 1. The van der Waals surface area contributed by atoms with Crippen LogP contribution in [0.3, 0.4) is 0 Å². The summed E-state index contributed by atoms with van der Waals surface area (Å²) in [5.74, 6) is 1.64. The van der Waals surface area contributed by atoms with Gasteiger partial charge >= 0.3 is 0 Å². The number of carbonyl (C=O) groups is 3. The van der Waals surface area contributed by atoms with Gasteiger partial charge in [-0.25, -0.2) is 0 Å². The molecule has 2 saturated carbocycles. The van der Waals surface area contributed by atoms with Crippen molar-refractivity contribution in [3.8, 4) is 0 Å². The molecule has 0 aromatic heterocycles. The summed E-state index contributed by atoms with van der Waals surface area (Å²) in [5.41, 5.74) is 1.80. The van der Waals surface area contributed by atoms with E-state index in [2.05, 4.69) is 10.6 Å². The van der Waals surface area contributed by atoms with Gasteiger partial charge in [0, 0.05) is 18.5 Å². The number of amides is 3. The molecule has 1 aliphatic heterocycles. The number of hydrogen-bond donors (Lipinski definition) is 2. The molecular formula is C20H24N2O3. The molecule has 3 aliphatic rings. The van der Waals surface area contributed by atoms with Gasteiger partial charge in [-0.05, 0) is 61.1 Å². The van der Waals surface area contributed by atoms with Gasteiger partial charge in [-0.3, -0.25) is 19.7 Å². The molecule has 3 amide bonds. The summed E-state index contributed by atoms with van der Waals surface area (Å²) in [7, 11) is 0. The van der Waals surface area contributed by atoms with E-state index in [0.29, 0.717) is 18.8 Å². The molecule has 4 rings (SSSR count). The molecule has 2 aliphatic carbocycles. The van der Waals surface area contributed by atoms with Crippen molar-refractivity contribution in [1.29, 1.82) is 0 Å². The van der Waals surface area contributed by atoms with Gasteiger partial charge in [0.05, 0.1) is 5.92 Å². The normalized spacial score (nSPS) is 30.6. The highest BCUT2D eigenvalue weighted by molar-refractivity contribution is 6.03. The molecule has 1 aromatic rings. The number of fused-ring (bicyclic) bond motifs is 2. The Bertz CT molecular complexity index is 697. The third-order valence-corrected chi connectivity index (χ3v) is 6.12. The lowest BCUT2D eigenvalue weighted by atomic mass is 9.86. The minimum Gasteiger partial charge on any atom is -0.326 e. The zero-order chi connectivity index (χ0) is 17.4. The molecular weight excluding hydrogens is 316 g/mol. The van der Waals surface area contributed by atoms with Crippen LogP contribution in [0, 0.1) is 23.7 Å². The smallest absolute Gasteiger partial charge is 0.230 e. The van der Waals surface area contributed by atoms with Crippen molar-refractivity contribution < 1.29 is 14.4 Å². The predicted octanol–water partition coefficient (Wildman–Crippen LogP) is 2.66. The number of imide groups is 1. The van der Waals surface area contributed by atoms with E-state index in [1.807, 2.05) is 24.3 Å². The first kappa shape index (κ1) is 16.3. The molecule has 3 fully saturated rings. The summed E-state index contributed by atoms with van der Waals surface area (Å²) < 4.78 is 0. The zero-order valence-corrected chi connectivity index (χ0v) is 14.3. The van der Waals surface area contributed by atoms with Gasteiger partial charge in [-0.15, -0.1) is 0 Å². The summed E-state index contributed by atoms with van der Waals surface area (Å²) in [6.07, 6.45) is 6.65. The summed E-state index contributed by atoms with van der Waals surface area (Å²) in [6.45, 7) is 0. The third-order valence-electron chi connectivity index (χ3n) is 6.12. The molecule has 5 heteroatoms. The lowest BCUT2D eigenvalue weighted by Gasteiger charge is -2.20. The Morgan fingerprint density at radius 1 is 1.12 bits per heavy atom. The fourth-order valence-electron chi connectivity index (χ4n) is 4.86. The first-order valence-corrected chi connectivity index (χ1v) is 9.29. The molecule has 132 valence electrons. The third kappa shape index (κ3) is 3.60. The van der Waals surface area contributed by atoms with Crippen molar-refractivity contribution in [2.24, 2.45) is 23.7 Å². The second kappa shape index (κ2) is 6.62. The summed E-state index contributed by atoms with van der Waals surface area (Å²) in [6, 6.07) is 7.60. The molecule has 2 N–H and O–H groups in total. The van der Waals surface area contributed by atoms with Crippen LogP contribution in [0.5, 0.6) is 0 Å². The van der Waals surface area contributed by atoms with Crippen LogP contribution in [0.15, 0.2) is 24.3 Å². The molecule has 0 radical (unpaired) electrons. The highest BCUT2D eigenvalue weighted by Gasteiger charge is 2.40. The Morgan fingerprint density at radius 3 is 2.52 bits per heavy atom. The fourth-order valence-corrected chi connectivity index (χ4v) is 4.86. The highest BCUT2D eigenvalue weighted by Crippen LogP contribution is 2.49. The van der Waals surface area contributed by atoms with Gasteiger partial charge in [-0.1, -0.05) is 18.6 Å². The van der Waals surface area contributed by atoms with Crippen molar-refractivity contribution >= 4 is 23.4 Å². The van der Waals surface area contributed by atoms with E-state index in [0.717, 1.165) is 23.1 Å². The zero-order valence-electron chi connectivity index (χ0n) is 14.3. The Hall–Kier alpha value is -2.17. The van der Waals surface area contributed by atoms with Gasteiger partial charge in [-0.2, -0.15) is 0 Å². The van der Waals surface area contributed by atoms with Crippen LogP contribution < -0.4 is 10.6 Å². The Morgan fingerprint density at radius 2 is 1.92 bits per heavy atom. The molecule has 0 unspecified atom stereocenters. The van der Waals surface area contributed by atoms with Crippen molar-refractivity contribution in [2.45, 2.75) is 44.9 Å². The van der Waals surface area contributed by atoms with E-state index in [1.165, 1.54) is 25.7 Å². The lowest BCUT2D eigenvalue weighted by molar-refractivity contribution is -0.125. The van der Waals surface area contributed by atoms with Gasteiger partial charge in [0.1, 0.15) is 0 Å². The topological polar surface area (TPSA) is 75.3 Å². The van der Waals surface area contributed by atoms with Crippen LogP contribution in [-0.2, 0) is 20.8 Å². The Kier molecular flexibility index (Phi) is 4.32. The van der Waals surface area contributed by atoms with Crippen LogP contribution in [-0.4, -0.2) is 17.7 Å². The first-order valence-electron chi connectivity index (χ1n) is 9.29. The second-order valence-corrected chi connectivity index (χ2v) is 7.90. The van der Waals surface area contributed by atoms with Crippen LogP contribution in [0.25, 0.3) is 0 Å². The van der Waals surface area contributed by atoms with E-state index in [1.54, 1.807) is 0 Å². The fraction of sp³-hybridized carbons (Fsp3) is 0.550. The van der Waals surface area contributed by atoms with Gasteiger partial charge in [0.15, 0.2) is 0 Å². The van der Waals surface area contributed by atoms with Crippen molar-refractivity contribution in [2.75, 3.05) is 5.32 Å². The predicted molar refractivity (Wildman–Crippen MR) is 93.6 cm³/mol. The number of carbonyl (C=O) groups excluding carboxylic acids is 3. The standard InChI is InChI=1S/C20H24N2O3/c23-18(10-15-9-13-1-4-14(15)8-13)21-17-5-2-12(3-6-17)7-16-11-19(24)22-20(16)25/h2-3,5-6,13-16H,1,4,7-11H2,(H,21,23)(H,22,24,25)/t13-,14-,15+,16-/m0/s1. The van der Waals surface area contributed by atoms with E-state index in [-0.39, 0.29) is 30.1 Å². The number of anilines is 1. The van der Waals surface area contributed by atoms with Crippen molar-refractivity contribution in [1.82, 2.24) is 5.32 Å². The molecule has 2 bridgehead atoms. The molecule has 1 saturated heterocycles. The average Bonchev–Trinajstić information content (AvgIpc) is 3.26. The van der Waals surface area contributed by atoms with Gasteiger partial charge < -0.3 is 5.32 Å². The summed E-state index contributed by atoms with van der Waals surface area (Å²) in [5, 5.41) is 5.33. The maximum atomic E-state index is 12.3. The minimum absolute atomic E-state index is 0.103. The molecule has 5 nitrogen and oxygen atoms in total. The van der Waals surface area contributed by atoms with E-state index in [9.17, 15) is 14.4 Å². The molecule has 1 aromatic carbocycles. The molecule has 4 atom stereocenters. The van der Waals surface area contributed by atoms with Gasteiger partial charge in [0.25, 0.3) is 0 Å². The van der Waals surface area contributed by atoms with Crippen LogP contribution in [0.2, 0.25) is 0 Å².